The van der Waals surface area contributed by atoms with E-state index in [1.165, 1.54) is 19.3 Å². The molecule has 2 saturated heterocycles. The number of nitrogens with zero attached hydrogens (tertiary/aromatic N) is 2. The highest BCUT2D eigenvalue weighted by Crippen LogP contribution is 2.44. The van der Waals surface area contributed by atoms with E-state index < -0.39 is 0 Å². The molecule has 3 heterocycles. The Morgan fingerprint density at radius 3 is 2.50 bits per heavy atom. The third-order valence-electron chi connectivity index (χ3n) is 4.39. The van der Waals surface area contributed by atoms with Crippen LogP contribution >= 0.6 is 11.8 Å². The monoisotopic (exact) mass is 290 g/mol. The van der Waals surface area contributed by atoms with Gasteiger partial charge in [-0.05, 0) is 37.8 Å². The third-order valence-corrected chi connectivity index (χ3v) is 6.02. The molecular formula is C16H22N2OS. The largest absolute Gasteiger partial charge is 0.363 e. The van der Waals surface area contributed by atoms with Crippen molar-refractivity contribution in [1.82, 2.24) is 4.98 Å². The number of ketones is 1. The zero-order chi connectivity index (χ0) is 14.1. The average molecular weight is 290 g/mol. The van der Waals surface area contributed by atoms with Crippen molar-refractivity contribution in [3.63, 3.8) is 0 Å². The van der Waals surface area contributed by atoms with Crippen LogP contribution in [0, 0.1) is 5.92 Å². The van der Waals surface area contributed by atoms with Crippen LogP contribution in [0.5, 0.6) is 0 Å². The number of Topliss-reactive ketones (excluding diaryl/α,β-unsaturated/α-hetero) is 1. The smallest absolute Gasteiger partial charge is 0.167 e. The Labute approximate surface area is 125 Å². The summed E-state index contributed by atoms with van der Waals surface area (Å²) >= 11 is 2.12. The van der Waals surface area contributed by atoms with E-state index in [0.717, 1.165) is 24.2 Å². The molecule has 2 aliphatic heterocycles. The van der Waals surface area contributed by atoms with Gasteiger partial charge >= 0.3 is 0 Å². The Balaban J connectivity index is 1.72. The molecule has 0 radical (unpaired) electrons. The molecule has 0 amide bonds. The van der Waals surface area contributed by atoms with Gasteiger partial charge in [0.25, 0.3) is 0 Å². The molecule has 3 rings (SSSR count). The quantitative estimate of drug-likeness (QED) is 0.799. The number of rotatable bonds is 3. The summed E-state index contributed by atoms with van der Waals surface area (Å²) in [5.41, 5.74) is 0.783. The highest BCUT2D eigenvalue weighted by Gasteiger charge is 2.35. The fourth-order valence-electron chi connectivity index (χ4n) is 3.31. The molecule has 2 fully saturated rings. The van der Waals surface area contributed by atoms with E-state index in [1.54, 1.807) is 6.20 Å². The SMILES string of the molecule is CN(C)c1ccc(C(=O)C2CC3CCCC(C2)S3)cn1. The molecule has 0 spiro atoms. The lowest BCUT2D eigenvalue weighted by Gasteiger charge is -2.37. The normalized spacial score (nSPS) is 29.0. The van der Waals surface area contributed by atoms with E-state index in [-0.39, 0.29) is 5.92 Å². The minimum absolute atomic E-state index is 0.221. The molecule has 0 aromatic carbocycles. The lowest BCUT2D eigenvalue weighted by Crippen LogP contribution is -2.33. The summed E-state index contributed by atoms with van der Waals surface area (Å²) in [6.45, 7) is 0. The van der Waals surface area contributed by atoms with E-state index in [1.807, 2.05) is 31.1 Å². The predicted octanol–water partition coefficient (Wildman–Crippen LogP) is 3.39. The fraction of sp³-hybridized carbons (Fsp3) is 0.625. The Hall–Kier alpha value is -1.03. The van der Waals surface area contributed by atoms with Gasteiger partial charge in [-0.25, -0.2) is 4.98 Å². The molecule has 20 heavy (non-hydrogen) atoms. The molecule has 2 atom stereocenters. The molecule has 3 nitrogen and oxygen atoms in total. The molecule has 4 heteroatoms. The number of fused-ring (bicyclic) bond motifs is 2. The number of carbonyl (C=O) groups excluding carboxylic acids is 1. The van der Waals surface area contributed by atoms with E-state index in [4.69, 9.17) is 0 Å². The summed E-state index contributed by atoms with van der Waals surface area (Å²) in [7, 11) is 3.92. The van der Waals surface area contributed by atoms with Crippen LogP contribution in [0.4, 0.5) is 5.82 Å². The molecule has 1 aromatic rings. The first-order chi connectivity index (χ1) is 9.63. The lowest BCUT2D eigenvalue weighted by atomic mass is 9.85. The Bertz CT molecular complexity index is 474. The number of hydrogen-bond donors (Lipinski definition) is 0. The standard InChI is InChI=1S/C16H22N2OS/c1-18(2)15-7-6-11(10-17-15)16(19)12-8-13-4-3-5-14(9-12)20-13/h6-7,10,12-14H,3-5,8-9H2,1-2H3. The molecule has 108 valence electrons. The average Bonchev–Trinajstić information content (AvgIpc) is 2.46. The minimum atomic E-state index is 0.221. The van der Waals surface area contributed by atoms with Crippen LogP contribution in [0.3, 0.4) is 0 Å². The molecule has 2 aliphatic rings. The maximum absolute atomic E-state index is 12.6. The van der Waals surface area contributed by atoms with E-state index in [2.05, 4.69) is 16.7 Å². The topological polar surface area (TPSA) is 33.2 Å². The molecule has 0 aliphatic carbocycles. The van der Waals surface area contributed by atoms with E-state index in [9.17, 15) is 4.79 Å². The Morgan fingerprint density at radius 2 is 1.95 bits per heavy atom. The van der Waals surface area contributed by atoms with Crippen LogP contribution < -0.4 is 4.90 Å². The molecule has 2 bridgehead atoms. The van der Waals surface area contributed by atoms with Gasteiger partial charge in [-0.15, -0.1) is 0 Å². The van der Waals surface area contributed by atoms with Crippen LogP contribution in [0.15, 0.2) is 18.3 Å². The highest BCUT2D eigenvalue weighted by molar-refractivity contribution is 8.00. The van der Waals surface area contributed by atoms with Crippen molar-refractivity contribution in [2.45, 2.75) is 42.6 Å². The van der Waals surface area contributed by atoms with Gasteiger partial charge in [-0.2, -0.15) is 11.8 Å². The number of anilines is 1. The third kappa shape index (κ3) is 2.85. The first kappa shape index (κ1) is 13.9. The molecular weight excluding hydrogens is 268 g/mol. The summed E-state index contributed by atoms with van der Waals surface area (Å²) in [5, 5.41) is 1.43. The van der Waals surface area contributed by atoms with Crippen molar-refractivity contribution >= 4 is 23.4 Å². The number of carbonyl (C=O) groups is 1. The summed E-state index contributed by atoms with van der Waals surface area (Å²) < 4.78 is 0. The van der Waals surface area contributed by atoms with Crippen LogP contribution in [0.2, 0.25) is 0 Å². The summed E-state index contributed by atoms with van der Waals surface area (Å²) in [6, 6.07) is 3.87. The Kier molecular flexibility index (Phi) is 4.01. The van der Waals surface area contributed by atoms with E-state index in [0.29, 0.717) is 16.3 Å². The van der Waals surface area contributed by atoms with Gasteiger partial charge in [0.2, 0.25) is 0 Å². The van der Waals surface area contributed by atoms with Gasteiger partial charge < -0.3 is 4.90 Å². The molecule has 0 N–H and O–H groups in total. The fourth-order valence-corrected chi connectivity index (χ4v) is 5.14. The van der Waals surface area contributed by atoms with Crippen LogP contribution in [0.25, 0.3) is 0 Å². The molecule has 0 saturated carbocycles. The van der Waals surface area contributed by atoms with Gasteiger partial charge in [-0.1, -0.05) is 6.42 Å². The zero-order valence-electron chi connectivity index (χ0n) is 12.2. The Morgan fingerprint density at radius 1 is 1.25 bits per heavy atom. The van der Waals surface area contributed by atoms with Crippen molar-refractivity contribution in [3.8, 4) is 0 Å². The predicted molar refractivity (Wildman–Crippen MR) is 84.6 cm³/mol. The van der Waals surface area contributed by atoms with Crippen molar-refractivity contribution in [2.24, 2.45) is 5.92 Å². The van der Waals surface area contributed by atoms with Crippen LogP contribution in [-0.2, 0) is 0 Å². The van der Waals surface area contributed by atoms with Gasteiger partial charge in [0.05, 0.1) is 0 Å². The second-order valence-electron chi connectivity index (χ2n) is 6.14. The first-order valence-electron chi connectivity index (χ1n) is 7.46. The second-order valence-corrected chi connectivity index (χ2v) is 7.75. The van der Waals surface area contributed by atoms with Crippen molar-refractivity contribution < 1.29 is 4.79 Å². The van der Waals surface area contributed by atoms with Crippen molar-refractivity contribution in [2.75, 3.05) is 19.0 Å². The lowest BCUT2D eigenvalue weighted by molar-refractivity contribution is 0.0896. The van der Waals surface area contributed by atoms with Crippen LogP contribution in [0.1, 0.15) is 42.5 Å². The number of pyridine rings is 1. The maximum atomic E-state index is 12.6. The highest BCUT2D eigenvalue weighted by atomic mass is 32.2. The number of thioether (sulfide) groups is 1. The number of aromatic nitrogens is 1. The van der Waals surface area contributed by atoms with Crippen molar-refractivity contribution in [3.05, 3.63) is 23.9 Å². The van der Waals surface area contributed by atoms with Gasteiger partial charge in [0.15, 0.2) is 5.78 Å². The maximum Gasteiger partial charge on any atom is 0.167 e. The second kappa shape index (κ2) is 5.76. The van der Waals surface area contributed by atoms with Crippen LogP contribution in [-0.4, -0.2) is 35.4 Å². The molecule has 1 aromatic heterocycles. The van der Waals surface area contributed by atoms with Crippen molar-refractivity contribution in [1.29, 1.82) is 0 Å². The number of hydrogen-bond acceptors (Lipinski definition) is 4. The molecule has 2 unspecified atom stereocenters. The van der Waals surface area contributed by atoms with Gasteiger partial charge in [0.1, 0.15) is 5.82 Å². The summed E-state index contributed by atoms with van der Waals surface area (Å²) in [4.78, 5) is 19.0. The summed E-state index contributed by atoms with van der Waals surface area (Å²) in [5.74, 6) is 1.43. The van der Waals surface area contributed by atoms with Gasteiger partial charge in [0, 0.05) is 42.3 Å². The minimum Gasteiger partial charge on any atom is -0.363 e. The summed E-state index contributed by atoms with van der Waals surface area (Å²) in [6.07, 6.45) is 7.81. The zero-order valence-corrected chi connectivity index (χ0v) is 13.0. The van der Waals surface area contributed by atoms with Gasteiger partial charge in [-0.3, -0.25) is 4.79 Å². The first-order valence-corrected chi connectivity index (χ1v) is 8.41. The van der Waals surface area contributed by atoms with E-state index >= 15 is 0 Å².